The smallest absolute Gasteiger partial charge is 0.341 e. The van der Waals surface area contributed by atoms with Gasteiger partial charge in [-0.25, -0.2) is 4.79 Å². The number of alkyl halides is 1. The minimum atomic E-state index is -0.443. The molecule has 4 bridgehead atoms. The zero-order chi connectivity index (χ0) is 17.8. The van der Waals surface area contributed by atoms with Gasteiger partial charge in [-0.1, -0.05) is 15.9 Å². The van der Waals surface area contributed by atoms with Crippen molar-refractivity contribution in [1.29, 1.82) is 0 Å². The first-order valence-corrected chi connectivity index (χ1v) is 9.66. The van der Waals surface area contributed by atoms with Crippen molar-refractivity contribution in [2.24, 2.45) is 17.3 Å². The van der Waals surface area contributed by atoms with Crippen molar-refractivity contribution in [1.82, 2.24) is 0 Å². The van der Waals surface area contributed by atoms with E-state index in [1.54, 1.807) is 13.0 Å². The summed E-state index contributed by atoms with van der Waals surface area (Å²) < 4.78 is 16.0. The molecule has 0 N–H and O–H groups in total. The molecule has 4 saturated carbocycles. The van der Waals surface area contributed by atoms with Crippen molar-refractivity contribution in [3.8, 4) is 0 Å². The number of aryl methyl sites for hydroxylation is 1. The van der Waals surface area contributed by atoms with E-state index in [2.05, 4.69) is 15.9 Å². The highest BCUT2D eigenvalue weighted by molar-refractivity contribution is 9.10. The molecule has 0 saturated heterocycles. The van der Waals surface area contributed by atoms with Gasteiger partial charge in [0.25, 0.3) is 0 Å². The Hall–Kier alpha value is -1.30. The number of halogens is 1. The lowest BCUT2D eigenvalue weighted by atomic mass is 9.49. The van der Waals surface area contributed by atoms with Crippen LogP contribution in [0, 0.1) is 24.2 Å². The molecule has 25 heavy (non-hydrogen) atoms. The summed E-state index contributed by atoms with van der Waals surface area (Å²) >= 11 is 3.92. The second kappa shape index (κ2) is 5.86. The summed E-state index contributed by atoms with van der Waals surface area (Å²) in [6.45, 7) is 1.76. The monoisotopic (exact) mass is 410 g/mol. The molecule has 2 unspecified atom stereocenters. The van der Waals surface area contributed by atoms with Crippen LogP contribution in [0.3, 0.4) is 0 Å². The molecule has 1 aromatic heterocycles. The van der Waals surface area contributed by atoms with E-state index in [4.69, 9.17) is 13.9 Å². The van der Waals surface area contributed by atoms with Crippen molar-refractivity contribution in [3.05, 3.63) is 23.2 Å². The Morgan fingerprint density at radius 2 is 1.96 bits per heavy atom. The van der Waals surface area contributed by atoms with E-state index in [1.165, 1.54) is 26.4 Å². The summed E-state index contributed by atoms with van der Waals surface area (Å²) in [7, 11) is 1.33. The van der Waals surface area contributed by atoms with E-state index < -0.39 is 5.97 Å². The Labute approximate surface area is 155 Å². The molecular formula is C19H23BrO5. The molecule has 5 nitrogen and oxygen atoms in total. The highest BCUT2D eigenvalue weighted by Crippen LogP contribution is 2.64. The van der Waals surface area contributed by atoms with E-state index in [0.717, 1.165) is 19.3 Å². The summed E-state index contributed by atoms with van der Waals surface area (Å²) in [5.74, 6) is 1.66. The molecule has 4 fully saturated rings. The summed E-state index contributed by atoms with van der Waals surface area (Å²) in [6, 6.07) is 1.60. The Morgan fingerprint density at radius 3 is 2.56 bits per heavy atom. The number of ether oxygens (including phenoxy) is 2. The third-order valence-corrected chi connectivity index (χ3v) is 7.07. The number of rotatable bonds is 4. The molecule has 5 rings (SSSR count). The number of carbonyl (C=O) groups is 2. The summed E-state index contributed by atoms with van der Waals surface area (Å²) in [5.41, 5.74) is 0.0307. The lowest BCUT2D eigenvalue weighted by molar-refractivity contribution is -0.171. The maximum atomic E-state index is 12.9. The maximum Gasteiger partial charge on any atom is 0.341 e. The zero-order valence-electron chi connectivity index (χ0n) is 14.6. The van der Waals surface area contributed by atoms with Crippen LogP contribution < -0.4 is 0 Å². The Balaban J connectivity index is 1.45. The van der Waals surface area contributed by atoms with Crippen LogP contribution in [0.5, 0.6) is 0 Å². The molecule has 1 aromatic rings. The molecule has 4 aliphatic rings. The van der Waals surface area contributed by atoms with Crippen LogP contribution in [0.2, 0.25) is 0 Å². The normalized spacial score (nSPS) is 35.6. The van der Waals surface area contributed by atoms with E-state index in [-0.39, 0.29) is 22.3 Å². The third-order valence-electron chi connectivity index (χ3n) is 6.14. The average molecular weight is 411 g/mol. The lowest BCUT2D eigenvalue weighted by Gasteiger charge is -2.58. The molecule has 6 heteroatoms. The molecular weight excluding hydrogens is 388 g/mol. The predicted molar refractivity (Wildman–Crippen MR) is 93.4 cm³/mol. The largest absolute Gasteiger partial charge is 0.465 e. The van der Waals surface area contributed by atoms with Gasteiger partial charge in [0.1, 0.15) is 23.7 Å². The van der Waals surface area contributed by atoms with Crippen LogP contribution in [0.1, 0.15) is 60.4 Å². The van der Waals surface area contributed by atoms with Gasteiger partial charge in [0.15, 0.2) is 0 Å². The quantitative estimate of drug-likeness (QED) is 0.550. The van der Waals surface area contributed by atoms with E-state index >= 15 is 0 Å². The van der Waals surface area contributed by atoms with Crippen molar-refractivity contribution in [2.75, 3.05) is 7.11 Å². The third kappa shape index (κ3) is 2.92. The van der Waals surface area contributed by atoms with Crippen molar-refractivity contribution in [3.63, 3.8) is 0 Å². The van der Waals surface area contributed by atoms with Gasteiger partial charge in [0.2, 0.25) is 0 Å². The highest BCUT2D eigenvalue weighted by Gasteiger charge is 2.60. The first-order valence-electron chi connectivity index (χ1n) is 8.86. The number of carbonyl (C=O) groups excluding carboxylic acids is 2. The zero-order valence-corrected chi connectivity index (χ0v) is 16.2. The fourth-order valence-electron chi connectivity index (χ4n) is 5.61. The average Bonchev–Trinajstić information content (AvgIpc) is 2.90. The van der Waals surface area contributed by atoms with E-state index in [0.29, 0.717) is 28.9 Å². The number of hydrogen-bond acceptors (Lipinski definition) is 5. The van der Waals surface area contributed by atoms with Crippen molar-refractivity contribution < 1.29 is 23.5 Å². The van der Waals surface area contributed by atoms with Gasteiger partial charge in [0.05, 0.1) is 12.5 Å². The first kappa shape index (κ1) is 17.1. The van der Waals surface area contributed by atoms with Crippen LogP contribution in [0.15, 0.2) is 10.5 Å². The molecule has 4 aliphatic carbocycles. The minimum absolute atomic E-state index is 0.0586. The van der Waals surface area contributed by atoms with Crippen LogP contribution in [-0.4, -0.2) is 23.4 Å². The van der Waals surface area contributed by atoms with Gasteiger partial charge >= 0.3 is 11.9 Å². The van der Waals surface area contributed by atoms with Gasteiger partial charge in [0, 0.05) is 4.32 Å². The second-order valence-corrected chi connectivity index (χ2v) is 9.82. The van der Waals surface area contributed by atoms with Crippen LogP contribution in [0.25, 0.3) is 0 Å². The molecule has 0 spiro atoms. The van der Waals surface area contributed by atoms with Crippen LogP contribution >= 0.6 is 15.9 Å². The number of hydrogen-bond donors (Lipinski definition) is 0. The highest BCUT2D eigenvalue weighted by atomic mass is 79.9. The minimum Gasteiger partial charge on any atom is -0.465 e. The van der Waals surface area contributed by atoms with Gasteiger partial charge < -0.3 is 13.9 Å². The molecule has 0 amide bonds. The van der Waals surface area contributed by atoms with E-state index in [1.807, 2.05) is 0 Å². The molecule has 0 aliphatic heterocycles. The molecule has 1 heterocycles. The van der Waals surface area contributed by atoms with Gasteiger partial charge in [-0.2, -0.15) is 0 Å². The topological polar surface area (TPSA) is 65.7 Å². The van der Waals surface area contributed by atoms with Crippen molar-refractivity contribution in [2.45, 2.75) is 56.4 Å². The molecule has 0 radical (unpaired) electrons. The molecule has 0 aromatic carbocycles. The number of furan rings is 1. The Bertz CT molecular complexity index is 707. The predicted octanol–water partition coefficient (Wildman–Crippen LogP) is 4.15. The van der Waals surface area contributed by atoms with Crippen LogP contribution in [0.4, 0.5) is 0 Å². The fraction of sp³-hybridized carbons (Fsp3) is 0.684. The fourth-order valence-corrected chi connectivity index (χ4v) is 7.06. The van der Waals surface area contributed by atoms with E-state index in [9.17, 15) is 9.59 Å². The Morgan fingerprint density at radius 1 is 1.28 bits per heavy atom. The summed E-state index contributed by atoms with van der Waals surface area (Å²) in [5, 5.41) is 0. The summed E-state index contributed by atoms with van der Waals surface area (Å²) in [4.78, 5) is 24.6. The Kier molecular flexibility index (Phi) is 4.02. The maximum absolute atomic E-state index is 12.9. The lowest BCUT2D eigenvalue weighted by Crippen LogP contribution is -2.56. The van der Waals surface area contributed by atoms with Crippen molar-refractivity contribution >= 4 is 27.9 Å². The first-order chi connectivity index (χ1) is 11.8. The summed E-state index contributed by atoms with van der Waals surface area (Å²) in [6.07, 6.45) is 6.37. The van der Waals surface area contributed by atoms with Gasteiger partial charge in [-0.3, -0.25) is 4.79 Å². The second-order valence-electron chi connectivity index (χ2n) is 8.14. The SMILES string of the molecule is COC(=O)c1cc(COC(=O)C23CC4CC(CC(Br)(C4)C2)C3)oc1C. The molecule has 136 valence electrons. The number of methoxy groups -OCH3 is 1. The van der Waals surface area contributed by atoms with Gasteiger partial charge in [-0.05, 0) is 63.4 Å². The standard InChI is InChI=1S/C19H23BrO5/c1-11-15(16(21)23-2)4-14(25-11)9-24-17(22)18-5-12-3-13(6-18)8-19(20,7-12)10-18/h4,12-13H,3,5-10H2,1-2H3. The van der Waals surface area contributed by atoms with Crippen LogP contribution in [-0.2, 0) is 20.9 Å². The molecule has 2 atom stereocenters. The number of esters is 2. The van der Waals surface area contributed by atoms with Gasteiger partial charge in [-0.15, -0.1) is 0 Å².